The summed E-state index contributed by atoms with van der Waals surface area (Å²) in [6, 6.07) is 16.2. The monoisotopic (exact) mass is 426 g/mol. The first-order chi connectivity index (χ1) is 14.5. The lowest BCUT2D eigenvalue weighted by atomic mass is 9.91. The molecule has 3 aromatic rings. The van der Waals surface area contributed by atoms with E-state index in [9.17, 15) is 4.39 Å². The molecule has 0 bridgehead atoms. The predicted octanol–water partition coefficient (Wildman–Crippen LogP) is 5.61. The minimum Gasteiger partial charge on any atom is -0.377 e. The second kappa shape index (κ2) is 9.19. The number of nitrogens with zero attached hydrogens (tertiary/aromatic N) is 2. The number of fused-ring (bicyclic) bond motifs is 1. The molecule has 0 unspecified atom stereocenters. The van der Waals surface area contributed by atoms with Crippen molar-refractivity contribution in [2.45, 2.75) is 44.3 Å². The lowest BCUT2D eigenvalue weighted by Gasteiger charge is -2.30. The minimum atomic E-state index is -0.369. The standard InChI is InChI=1S/C24H28ClFN4/c1-30(2)23-14-24(29-22-6-4-3-5-19(22)23)28-18-10-8-17(9-11-18)27-15-16-7-12-21(26)20(25)13-16/h3-7,12-14,17-18,27H,8-11,15H2,1-2H3,(H,28,29)/t17-,18+. The van der Waals surface area contributed by atoms with Gasteiger partial charge >= 0.3 is 0 Å². The van der Waals surface area contributed by atoms with Crippen molar-refractivity contribution < 1.29 is 4.39 Å². The van der Waals surface area contributed by atoms with Gasteiger partial charge in [0.1, 0.15) is 11.6 Å². The van der Waals surface area contributed by atoms with Gasteiger partial charge in [0.2, 0.25) is 0 Å². The minimum absolute atomic E-state index is 0.183. The third-order valence-electron chi connectivity index (χ3n) is 5.83. The van der Waals surface area contributed by atoms with Crippen LogP contribution in [0, 0.1) is 5.82 Å². The van der Waals surface area contributed by atoms with Gasteiger partial charge in [-0.15, -0.1) is 0 Å². The van der Waals surface area contributed by atoms with E-state index in [1.807, 2.05) is 6.07 Å². The highest BCUT2D eigenvalue weighted by Crippen LogP contribution is 2.29. The Hall–Kier alpha value is -2.37. The first kappa shape index (κ1) is 20.9. The molecule has 0 radical (unpaired) electrons. The van der Waals surface area contributed by atoms with Gasteiger partial charge in [-0.05, 0) is 49.4 Å². The van der Waals surface area contributed by atoms with Crippen molar-refractivity contribution in [1.82, 2.24) is 10.3 Å². The Labute approximate surface area is 182 Å². The number of aromatic nitrogens is 1. The molecule has 1 heterocycles. The second-order valence-corrected chi connectivity index (χ2v) is 8.67. The largest absolute Gasteiger partial charge is 0.377 e. The first-order valence-corrected chi connectivity index (χ1v) is 10.9. The topological polar surface area (TPSA) is 40.2 Å². The molecule has 30 heavy (non-hydrogen) atoms. The van der Waals surface area contributed by atoms with Crippen LogP contribution in [0.3, 0.4) is 0 Å². The molecule has 2 aromatic carbocycles. The van der Waals surface area contributed by atoms with Crippen molar-refractivity contribution >= 4 is 34.0 Å². The third kappa shape index (κ3) is 4.85. The van der Waals surface area contributed by atoms with Gasteiger partial charge in [0.05, 0.1) is 10.5 Å². The van der Waals surface area contributed by atoms with Crippen LogP contribution in [-0.2, 0) is 6.54 Å². The van der Waals surface area contributed by atoms with Crippen LogP contribution >= 0.6 is 11.6 Å². The maximum Gasteiger partial charge on any atom is 0.141 e. The average molecular weight is 427 g/mol. The molecule has 0 aliphatic heterocycles. The van der Waals surface area contributed by atoms with Crippen LogP contribution in [0.5, 0.6) is 0 Å². The van der Waals surface area contributed by atoms with Gasteiger partial charge < -0.3 is 15.5 Å². The maximum atomic E-state index is 13.3. The molecule has 1 saturated carbocycles. The summed E-state index contributed by atoms with van der Waals surface area (Å²) < 4.78 is 13.3. The Morgan fingerprint density at radius 1 is 1.03 bits per heavy atom. The van der Waals surface area contributed by atoms with Crippen molar-refractivity contribution in [2.24, 2.45) is 0 Å². The Morgan fingerprint density at radius 3 is 2.50 bits per heavy atom. The number of pyridine rings is 1. The molecule has 0 spiro atoms. The Bertz CT molecular complexity index is 1020. The van der Waals surface area contributed by atoms with Crippen LogP contribution < -0.4 is 15.5 Å². The summed E-state index contributed by atoms with van der Waals surface area (Å²) >= 11 is 5.88. The summed E-state index contributed by atoms with van der Waals surface area (Å²) in [6.07, 6.45) is 4.38. The lowest BCUT2D eigenvalue weighted by Crippen LogP contribution is -2.36. The average Bonchev–Trinajstić information content (AvgIpc) is 2.75. The van der Waals surface area contributed by atoms with Crippen LogP contribution in [0.2, 0.25) is 5.02 Å². The zero-order chi connectivity index (χ0) is 21.1. The fraction of sp³-hybridized carbons (Fsp3) is 0.375. The predicted molar refractivity (Wildman–Crippen MR) is 124 cm³/mol. The van der Waals surface area contributed by atoms with Gasteiger partial charge in [-0.25, -0.2) is 9.37 Å². The number of benzene rings is 2. The van der Waals surface area contributed by atoms with E-state index in [1.165, 1.54) is 17.1 Å². The normalized spacial score (nSPS) is 19.1. The third-order valence-corrected chi connectivity index (χ3v) is 6.12. The van der Waals surface area contributed by atoms with Gasteiger partial charge in [0.25, 0.3) is 0 Å². The number of hydrogen-bond acceptors (Lipinski definition) is 4. The summed E-state index contributed by atoms with van der Waals surface area (Å²) in [7, 11) is 4.13. The quantitative estimate of drug-likeness (QED) is 0.537. The summed E-state index contributed by atoms with van der Waals surface area (Å²) in [4.78, 5) is 6.96. The molecule has 4 rings (SSSR count). The van der Waals surface area contributed by atoms with Gasteiger partial charge in [-0.2, -0.15) is 0 Å². The highest BCUT2D eigenvalue weighted by atomic mass is 35.5. The maximum absolute atomic E-state index is 13.3. The molecule has 0 amide bonds. The van der Waals surface area contributed by atoms with E-state index in [1.54, 1.807) is 12.1 Å². The molecule has 2 N–H and O–H groups in total. The van der Waals surface area contributed by atoms with Crippen LogP contribution in [0.1, 0.15) is 31.2 Å². The summed E-state index contributed by atoms with van der Waals surface area (Å²) in [5, 5.41) is 8.59. The molecule has 0 saturated heterocycles. The molecule has 1 aliphatic rings. The molecular weight excluding hydrogens is 399 g/mol. The number of nitrogens with one attached hydrogen (secondary N) is 2. The molecular formula is C24H28ClFN4. The molecule has 158 valence electrons. The van der Waals surface area contributed by atoms with E-state index >= 15 is 0 Å². The summed E-state index contributed by atoms with van der Waals surface area (Å²) in [5.41, 5.74) is 3.20. The number of para-hydroxylation sites is 1. The molecule has 4 nitrogen and oxygen atoms in total. The smallest absolute Gasteiger partial charge is 0.141 e. The highest BCUT2D eigenvalue weighted by molar-refractivity contribution is 6.30. The number of anilines is 2. The van der Waals surface area contributed by atoms with Crippen LogP contribution in [0.4, 0.5) is 15.9 Å². The lowest BCUT2D eigenvalue weighted by molar-refractivity contribution is 0.352. The summed E-state index contributed by atoms with van der Waals surface area (Å²) in [6.45, 7) is 0.710. The number of halogens is 2. The molecule has 1 aliphatic carbocycles. The zero-order valence-electron chi connectivity index (χ0n) is 17.5. The molecule has 1 fully saturated rings. The van der Waals surface area contributed by atoms with E-state index in [4.69, 9.17) is 16.6 Å². The van der Waals surface area contributed by atoms with E-state index in [0.29, 0.717) is 18.6 Å². The van der Waals surface area contributed by atoms with E-state index in [0.717, 1.165) is 42.6 Å². The fourth-order valence-electron chi connectivity index (χ4n) is 4.16. The van der Waals surface area contributed by atoms with Crippen molar-refractivity contribution in [3.05, 3.63) is 64.9 Å². The van der Waals surface area contributed by atoms with E-state index in [2.05, 4.69) is 53.9 Å². The zero-order valence-corrected chi connectivity index (χ0v) is 18.2. The Morgan fingerprint density at radius 2 is 1.77 bits per heavy atom. The van der Waals surface area contributed by atoms with Crippen molar-refractivity contribution in [3.8, 4) is 0 Å². The van der Waals surface area contributed by atoms with Crippen molar-refractivity contribution in [2.75, 3.05) is 24.3 Å². The molecule has 6 heteroatoms. The highest BCUT2D eigenvalue weighted by Gasteiger charge is 2.21. The van der Waals surface area contributed by atoms with Gasteiger partial charge in [-0.3, -0.25) is 0 Å². The summed E-state index contributed by atoms with van der Waals surface area (Å²) in [5.74, 6) is 0.571. The number of rotatable bonds is 6. The van der Waals surface area contributed by atoms with E-state index in [-0.39, 0.29) is 10.8 Å². The van der Waals surface area contributed by atoms with Gasteiger partial charge in [-0.1, -0.05) is 35.9 Å². The number of hydrogen-bond donors (Lipinski definition) is 2. The SMILES string of the molecule is CN(C)c1cc(N[C@H]2CC[C@@H](NCc3ccc(F)c(Cl)c3)CC2)nc2ccccc12. The van der Waals surface area contributed by atoms with Crippen LogP contribution in [0.25, 0.3) is 10.9 Å². The van der Waals surface area contributed by atoms with Gasteiger partial charge in [0, 0.05) is 49.9 Å². The Balaban J connectivity index is 1.34. The van der Waals surface area contributed by atoms with Crippen LogP contribution in [0.15, 0.2) is 48.5 Å². The first-order valence-electron chi connectivity index (χ1n) is 10.5. The fourth-order valence-corrected chi connectivity index (χ4v) is 4.37. The molecule has 0 atom stereocenters. The second-order valence-electron chi connectivity index (χ2n) is 8.26. The van der Waals surface area contributed by atoms with Crippen molar-refractivity contribution in [3.63, 3.8) is 0 Å². The molecule has 1 aromatic heterocycles. The van der Waals surface area contributed by atoms with E-state index < -0.39 is 0 Å². The van der Waals surface area contributed by atoms with Crippen molar-refractivity contribution in [1.29, 1.82) is 0 Å². The van der Waals surface area contributed by atoms with Gasteiger partial charge in [0.15, 0.2) is 0 Å². The Kier molecular flexibility index (Phi) is 6.40. The van der Waals surface area contributed by atoms with Crippen LogP contribution in [-0.4, -0.2) is 31.2 Å².